The van der Waals surface area contributed by atoms with Gasteiger partial charge >= 0.3 is 6.09 Å². The van der Waals surface area contributed by atoms with Gasteiger partial charge in [-0.2, -0.15) is 0 Å². The lowest BCUT2D eigenvalue weighted by Gasteiger charge is -2.20. The summed E-state index contributed by atoms with van der Waals surface area (Å²) in [5.74, 6) is 0.983. The highest BCUT2D eigenvalue weighted by molar-refractivity contribution is 5.70. The van der Waals surface area contributed by atoms with E-state index < -0.39 is 0 Å². The Morgan fingerprint density at radius 2 is 2.10 bits per heavy atom. The summed E-state index contributed by atoms with van der Waals surface area (Å²) in [5, 5.41) is 4.03. The highest BCUT2D eigenvalue weighted by Crippen LogP contribution is 2.29. The van der Waals surface area contributed by atoms with E-state index in [0.717, 1.165) is 11.3 Å². The molecule has 0 spiro atoms. The number of carbonyl (C=O) groups is 1. The monoisotopic (exact) mass is 286 g/mol. The van der Waals surface area contributed by atoms with Crippen LogP contribution in [0.25, 0.3) is 0 Å². The number of rotatable bonds is 4. The maximum atomic E-state index is 11.9. The predicted molar refractivity (Wildman–Crippen MR) is 76.7 cm³/mol. The fourth-order valence-electron chi connectivity index (χ4n) is 2.42. The quantitative estimate of drug-likeness (QED) is 0.863. The molecule has 1 atom stereocenters. The molecule has 1 aliphatic rings. The Morgan fingerprint density at radius 1 is 1.33 bits per heavy atom. The first-order valence-electron chi connectivity index (χ1n) is 7.09. The van der Waals surface area contributed by atoms with Crippen LogP contribution in [-0.2, 0) is 11.3 Å². The van der Waals surface area contributed by atoms with Gasteiger partial charge in [-0.05, 0) is 11.5 Å². The Bertz CT molecular complexity index is 621. The highest BCUT2D eigenvalue weighted by atomic mass is 16.6. The molecule has 2 heterocycles. The summed E-state index contributed by atoms with van der Waals surface area (Å²) in [5.41, 5.74) is 1.96. The number of ether oxygens (including phenoxy) is 1. The molecule has 21 heavy (non-hydrogen) atoms. The molecular formula is C16H18N2O3. The molecule has 1 amide bonds. The lowest BCUT2D eigenvalue weighted by molar-refractivity contribution is 0.152. The van der Waals surface area contributed by atoms with Crippen molar-refractivity contribution in [1.82, 2.24) is 10.1 Å². The molecular weight excluding hydrogens is 268 g/mol. The lowest BCUT2D eigenvalue weighted by Crippen LogP contribution is -2.26. The number of nitrogens with zero attached hydrogens (tertiary/aromatic N) is 2. The topological polar surface area (TPSA) is 55.6 Å². The smallest absolute Gasteiger partial charge is 0.410 e. The molecule has 1 saturated heterocycles. The van der Waals surface area contributed by atoms with Gasteiger partial charge in [0.15, 0.2) is 5.76 Å². The van der Waals surface area contributed by atoms with Crippen molar-refractivity contribution in [2.45, 2.75) is 32.4 Å². The van der Waals surface area contributed by atoms with Crippen molar-refractivity contribution in [3.05, 3.63) is 53.4 Å². The van der Waals surface area contributed by atoms with Gasteiger partial charge in [0, 0.05) is 6.07 Å². The Morgan fingerprint density at radius 3 is 2.76 bits per heavy atom. The van der Waals surface area contributed by atoms with E-state index in [1.165, 1.54) is 0 Å². The second kappa shape index (κ2) is 5.60. The number of amides is 1. The Hall–Kier alpha value is -2.30. The SMILES string of the molecule is CC(C)c1cc(CN2C(=O)OCC2c2ccccc2)on1. The Kier molecular flexibility index (Phi) is 3.64. The first-order chi connectivity index (χ1) is 10.1. The summed E-state index contributed by atoms with van der Waals surface area (Å²) >= 11 is 0. The summed E-state index contributed by atoms with van der Waals surface area (Å²) < 4.78 is 10.5. The van der Waals surface area contributed by atoms with Crippen LogP contribution in [0.15, 0.2) is 40.9 Å². The van der Waals surface area contributed by atoms with Crippen molar-refractivity contribution in [1.29, 1.82) is 0 Å². The first kappa shape index (κ1) is 13.7. The second-order valence-electron chi connectivity index (χ2n) is 5.50. The van der Waals surface area contributed by atoms with Gasteiger partial charge in [0.2, 0.25) is 0 Å². The molecule has 2 aromatic rings. The average Bonchev–Trinajstić information content (AvgIpc) is 3.09. The minimum absolute atomic E-state index is 0.0775. The molecule has 1 aromatic heterocycles. The van der Waals surface area contributed by atoms with Crippen LogP contribution in [0.3, 0.4) is 0 Å². The third-order valence-corrected chi connectivity index (χ3v) is 3.65. The molecule has 1 aliphatic heterocycles. The third kappa shape index (κ3) is 2.77. The van der Waals surface area contributed by atoms with E-state index in [9.17, 15) is 4.79 Å². The summed E-state index contributed by atoms with van der Waals surface area (Å²) in [6.07, 6.45) is -0.314. The fraction of sp³-hybridized carbons (Fsp3) is 0.375. The van der Waals surface area contributed by atoms with Crippen LogP contribution in [0.2, 0.25) is 0 Å². The molecule has 1 fully saturated rings. The zero-order valence-electron chi connectivity index (χ0n) is 12.2. The maximum Gasteiger partial charge on any atom is 0.410 e. The van der Waals surface area contributed by atoms with Crippen LogP contribution in [0, 0.1) is 0 Å². The van der Waals surface area contributed by atoms with Crippen molar-refractivity contribution in [3.63, 3.8) is 0 Å². The van der Waals surface area contributed by atoms with E-state index in [0.29, 0.717) is 24.8 Å². The Labute approximate surface area is 123 Å². The molecule has 0 N–H and O–H groups in total. The van der Waals surface area contributed by atoms with Crippen LogP contribution >= 0.6 is 0 Å². The van der Waals surface area contributed by atoms with Gasteiger partial charge in [0.05, 0.1) is 18.3 Å². The average molecular weight is 286 g/mol. The third-order valence-electron chi connectivity index (χ3n) is 3.65. The number of cyclic esters (lactones) is 1. The van der Waals surface area contributed by atoms with Crippen LogP contribution in [0.1, 0.15) is 42.8 Å². The van der Waals surface area contributed by atoms with Crippen molar-refractivity contribution in [2.24, 2.45) is 0 Å². The first-order valence-corrected chi connectivity index (χ1v) is 7.09. The van der Waals surface area contributed by atoms with E-state index >= 15 is 0 Å². The van der Waals surface area contributed by atoms with Crippen molar-refractivity contribution >= 4 is 6.09 Å². The van der Waals surface area contributed by atoms with Crippen LogP contribution < -0.4 is 0 Å². The van der Waals surface area contributed by atoms with Gasteiger partial charge in [-0.3, -0.25) is 4.90 Å². The Balaban J connectivity index is 1.79. The van der Waals surface area contributed by atoms with Gasteiger partial charge in [-0.15, -0.1) is 0 Å². The summed E-state index contributed by atoms with van der Waals surface area (Å²) in [4.78, 5) is 13.6. The van der Waals surface area contributed by atoms with Gasteiger partial charge < -0.3 is 9.26 Å². The van der Waals surface area contributed by atoms with Gasteiger partial charge in [-0.25, -0.2) is 4.79 Å². The summed E-state index contributed by atoms with van der Waals surface area (Å²) in [6.45, 7) is 4.85. The van der Waals surface area contributed by atoms with Gasteiger partial charge in [-0.1, -0.05) is 49.3 Å². The number of carbonyl (C=O) groups excluding carboxylic acids is 1. The van der Waals surface area contributed by atoms with E-state index in [2.05, 4.69) is 19.0 Å². The lowest BCUT2D eigenvalue weighted by atomic mass is 10.1. The predicted octanol–water partition coefficient (Wildman–Crippen LogP) is 3.49. The van der Waals surface area contributed by atoms with Crippen LogP contribution in [-0.4, -0.2) is 22.8 Å². The van der Waals surface area contributed by atoms with Crippen molar-refractivity contribution in [2.75, 3.05) is 6.61 Å². The minimum atomic E-state index is -0.314. The molecule has 0 bridgehead atoms. The largest absolute Gasteiger partial charge is 0.447 e. The zero-order chi connectivity index (χ0) is 14.8. The van der Waals surface area contributed by atoms with E-state index in [-0.39, 0.29) is 12.1 Å². The minimum Gasteiger partial charge on any atom is -0.447 e. The second-order valence-corrected chi connectivity index (χ2v) is 5.50. The van der Waals surface area contributed by atoms with Crippen molar-refractivity contribution in [3.8, 4) is 0 Å². The number of hydrogen-bond acceptors (Lipinski definition) is 4. The van der Waals surface area contributed by atoms with Gasteiger partial charge in [0.1, 0.15) is 6.61 Å². The molecule has 1 unspecified atom stereocenters. The molecule has 0 radical (unpaired) electrons. The van der Waals surface area contributed by atoms with E-state index in [1.807, 2.05) is 36.4 Å². The summed E-state index contributed by atoms with van der Waals surface area (Å²) in [7, 11) is 0. The number of hydrogen-bond donors (Lipinski definition) is 0. The molecule has 110 valence electrons. The normalized spacial score (nSPS) is 18.3. The standard InChI is InChI=1S/C16H18N2O3/c1-11(2)14-8-13(21-17-14)9-18-15(10-20-16(18)19)12-6-4-3-5-7-12/h3-8,11,15H,9-10H2,1-2H3. The van der Waals surface area contributed by atoms with E-state index in [4.69, 9.17) is 9.26 Å². The number of benzene rings is 1. The highest BCUT2D eigenvalue weighted by Gasteiger charge is 2.34. The van der Waals surface area contributed by atoms with Crippen LogP contribution in [0.4, 0.5) is 4.79 Å². The number of aromatic nitrogens is 1. The molecule has 1 aromatic carbocycles. The van der Waals surface area contributed by atoms with Crippen molar-refractivity contribution < 1.29 is 14.1 Å². The molecule has 3 rings (SSSR count). The molecule has 5 nitrogen and oxygen atoms in total. The van der Waals surface area contributed by atoms with Crippen LogP contribution in [0.5, 0.6) is 0 Å². The summed E-state index contributed by atoms with van der Waals surface area (Å²) in [6, 6.07) is 11.7. The zero-order valence-corrected chi connectivity index (χ0v) is 12.2. The van der Waals surface area contributed by atoms with Gasteiger partial charge in [0.25, 0.3) is 0 Å². The fourth-order valence-corrected chi connectivity index (χ4v) is 2.42. The molecule has 0 saturated carbocycles. The molecule has 5 heteroatoms. The molecule has 0 aliphatic carbocycles. The maximum absolute atomic E-state index is 11.9. The van der Waals surface area contributed by atoms with E-state index in [1.54, 1.807) is 4.90 Å².